The van der Waals surface area contributed by atoms with Gasteiger partial charge in [-0.05, 0) is 61.3 Å². The van der Waals surface area contributed by atoms with Crippen molar-refractivity contribution in [3.05, 3.63) is 59.7 Å². The molecule has 1 aliphatic rings. The minimum atomic E-state index is -0.0436. The van der Waals surface area contributed by atoms with Crippen LogP contribution >= 0.6 is 11.8 Å². The van der Waals surface area contributed by atoms with Gasteiger partial charge in [0.2, 0.25) is 0 Å². The highest BCUT2D eigenvalue weighted by molar-refractivity contribution is 7.99. The summed E-state index contributed by atoms with van der Waals surface area (Å²) < 4.78 is 0. The molecule has 1 fully saturated rings. The van der Waals surface area contributed by atoms with E-state index in [0.29, 0.717) is 11.3 Å². The lowest BCUT2D eigenvalue weighted by atomic mass is 10.0. The van der Waals surface area contributed by atoms with Gasteiger partial charge in [0.05, 0.1) is 6.61 Å². The Kier molecular flexibility index (Phi) is 7.15. The second-order valence-electron chi connectivity index (χ2n) is 6.81. The maximum absolute atomic E-state index is 12.5. The van der Waals surface area contributed by atoms with Gasteiger partial charge < -0.3 is 15.5 Å². The molecule has 0 bridgehead atoms. The van der Waals surface area contributed by atoms with Crippen molar-refractivity contribution in [2.45, 2.75) is 30.3 Å². The number of aliphatic hydroxyl groups is 1. The summed E-state index contributed by atoms with van der Waals surface area (Å²) in [4.78, 5) is 15.9. The third-order valence-corrected chi connectivity index (χ3v) is 5.63. The molecule has 0 aliphatic carbocycles. The van der Waals surface area contributed by atoms with Crippen molar-refractivity contribution >= 4 is 17.7 Å². The third kappa shape index (κ3) is 5.99. The Morgan fingerprint density at radius 1 is 1.22 bits per heavy atom. The van der Waals surface area contributed by atoms with Gasteiger partial charge in [0.1, 0.15) is 5.75 Å². The zero-order chi connectivity index (χ0) is 19.1. The number of piperidine rings is 1. The minimum absolute atomic E-state index is 0.0436. The average Bonchev–Trinajstić information content (AvgIpc) is 2.67. The number of likely N-dealkylation sites (tertiary alicyclic amines) is 1. The highest BCUT2D eigenvalue weighted by atomic mass is 32.2. The molecule has 2 aromatic rings. The molecule has 1 aliphatic heterocycles. The lowest BCUT2D eigenvalue weighted by molar-refractivity contribution is 0.0900. The Balaban J connectivity index is 1.53. The molecule has 3 N–H and O–H groups in total. The standard InChI is InChI=1S/C21H26N2O3S/c24-11-12-27-20-8-6-17(7-9-20)21(26)22-18-4-2-10-23(15-18)14-16-3-1-5-19(25)13-16/h1,3,5-9,13,18,24-25H,2,4,10-12,14-15H2,(H,22,26). The molecule has 0 saturated carbocycles. The van der Waals surface area contributed by atoms with E-state index in [2.05, 4.69) is 10.2 Å². The van der Waals surface area contributed by atoms with E-state index in [1.54, 1.807) is 23.9 Å². The number of aliphatic hydroxyl groups excluding tert-OH is 1. The predicted molar refractivity (Wildman–Crippen MR) is 108 cm³/mol. The van der Waals surface area contributed by atoms with E-state index in [0.717, 1.165) is 42.9 Å². The molecule has 1 saturated heterocycles. The third-order valence-electron chi connectivity index (χ3n) is 4.63. The largest absolute Gasteiger partial charge is 0.508 e. The van der Waals surface area contributed by atoms with Gasteiger partial charge in [-0.15, -0.1) is 11.8 Å². The van der Waals surface area contributed by atoms with E-state index in [-0.39, 0.29) is 24.3 Å². The second-order valence-corrected chi connectivity index (χ2v) is 7.98. The Bertz CT molecular complexity index is 751. The van der Waals surface area contributed by atoms with E-state index < -0.39 is 0 Å². The molecule has 27 heavy (non-hydrogen) atoms. The van der Waals surface area contributed by atoms with Gasteiger partial charge in [0.15, 0.2) is 0 Å². The summed E-state index contributed by atoms with van der Waals surface area (Å²) >= 11 is 1.57. The molecule has 1 atom stereocenters. The van der Waals surface area contributed by atoms with Crippen LogP contribution in [0.15, 0.2) is 53.4 Å². The molecular weight excluding hydrogens is 360 g/mol. The van der Waals surface area contributed by atoms with Crippen molar-refractivity contribution in [2.24, 2.45) is 0 Å². The maximum Gasteiger partial charge on any atom is 0.251 e. The van der Waals surface area contributed by atoms with Gasteiger partial charge in [-0.25, -0.2) is 0 Å². The number of thioether (sulfide) groups is 1. The topological polar surface area (TPSA) is 72.8 Å². The fourth-order valence-electron chi connectivity index (χ4n) is 3.36. The smallest absolute Gasteiger partial charge is 0.251 e. The number of rotatable bonds is 7. The second kappa shape index (κ2) is 9.78. The fraction of sp³-hybridized carbons (Fsp3) is 0.381. The summed E-state index contributed by atoms with van der Waals surface area (Å²) in [7, 11) is 0. The highest BCUT2D eigenvalue weighted by Crippen LogP contribution is 2.19. The summed E-state index contributed by atoms with van der Waals surface area (Å²) in [5, 5.41) is 21.6. The number of nitrogens with zero attached hydrogens (tertiary/aromatic N) is 1. The number of phenols is 1. The number of carbonyl (C=O) groups is 1. The molecule has 144 valence electrons. The van der Waals surface area contributed by atoms with Crippen LogP contribution < -0.4 is 5.32 Å². The summed E-state index contributed by atoms with van der Waals surface area (Å²) in [5.74, 6) is 0.899. The van der Waals surface area contributed by atoms with Gasteiger partial charge in [0.25, 0.3) is 5.91 Å². The Morgan fingerprint density at radius 2 is 2.04 bits per heavy atom. The Labute approximate surface area is 164 Å². The van der Waals surface area contributed by atoms with Crippen LogP contribution in [0.1, 0.15) is 28.8 Å². The average molecular weight is 387 g/mol. The van der Waals surface area contributed by atoms with Crippen LogP contribution in [0, 0.1) is 0 Å². The molecule has 5 nitrogen and oxygen atoms in total. The van der Waals surface area contributed by atoms with Gasteiger partial charge in [0, 0.05) is 35.3 Å². The molecule has 3 rings (SSSR count). The van der Waals surface area contributed by atoms with E-state index in [4.69, 9.17) is 5.11 Å². The Morgan fingerprint density at radius 3 is 2.78 bits per heavy atom. The van der Waals surface area contributed by atoms with E-state index >= 15 is 0 Å². The Hall–Kier alpha value is -2.02. The summed E-state index contributed by atoms with van der Waals surface area (Å²) in [5.41, 5.74) is 1.74. The maximum atomic E-state index is 12.5. The monoisotopic (exact) mass is 386 g/mol. The van der Waals surface area contributed by atoms with Gasteiger partial charge in [-0.2, -0.15) is 0 Å². The molecule has 6 heteroatoms. The van der Waals surface area contributed by atoms with Crippen molar-refractivity contribution < 1.29 is 15.0 Å². The zero-order valence-corrected chi connectivity index (χ0v) is 16.1. The molecule has 0 aromatic heterocycles. The lowest BCUT2D eigenvalue weighted by Crippen LogP contribution is -2.47. The first-order valence-electron chi connectivity index (χ1n) is 9.29. The summed E-state index contributed by atoms with van der Waals surface area (Å²) in [6, 6.07) is 15.0. The van der Waals surface area contributed by atoms with Gasteiger partial charge in [-0.3, -0.25) is 9.69 Å². The van der Waals surface area contributed by atoms with E-state index in [9.17, 15) is 9.90 Å². The lowest BCUT2D eigenvalue weighted by Gasteiger charge is -2.33. The van der Waals surface area contributed by atoms with Crippen LogP contribution in [-0.2, 0) is 6.54 Å². The van der Waals surface area contributed by atoms with Crippen LogP contribution in [0.25, 0.3) is 0 Å². The van der Waals surface area contributed by atoms with E-state index in [1.165, 1.54) is 0 Å². The highest BCUT2D eigenvalue weighted by Gasteiger charge is 2.22. The van der Waals surface area contributed by atoms with Crippen molar-refractivity contribution in [1.82, 2.24) is 10.2 Å². The van der Waals surface area contributed by atoms with Gasteiger partial charge >= 0.3 is 0 Å². The zero-order valence-electron chi connectivity index (χ0n) is 15.3. The minimum Gasteiger partial charge on any atom is -0.508 e. The summed E-state index contributed by atoms with van der Waals surface area (Å²) in [6.07, 6.45) is 2.02. The summed E-state index contributed by atoms with van der Waals surface area (Å²) in [6.45, 7) is 2.73. The van der Waals surface area contributed by atoms with Crippen LogP contribution in [0.3, 0.4) is 0 Å². The number of amides is 1. The van der Waals surface area contributed by atoms with E-state index in [1.807, 2.05) is 36.4 Å². The van der Waals surface area contributed by atoms with Crippen LogP contribution in [0.5, 0.6) is 5.75 Å². The van der Waals surface area contributed by atoms with Crippen LogP contribution in [0.2, 0.25) is 0 Å². The van der Waals surface area contributed by atoms with Crippen LogP contribution in [0.4, 0.5) is 0 Å². The van der Waals surface area contributed by atoms with Crippen molar-refractivity contribution in [3.8, 4) is 5.75 Å². The van der Waals surface area contributed by atoms with Crippen molar-refractivity contribution in [1.29, 1.82) is 0 Å². The first-order chi connectivity index (χ1) is 13.1. The molecule has 0 spiro atoms. The molecule has 1 heterocycles. The molecular formula is C21H26N2O3S. The van der Waals surface area contributed by atoms with Crippen molar-refractivity contribution in [3.63, 3.8) is 0 Å². The van der Waals surface area contributed by atoms with Gasteiger partial charge in [-0.1, -0.05) is 12.1 Å². The molecule has 1 amide bonds. The number of hydrogen-bond donors (Lipinski definition) is 3. The number of hydrogen-bond acceptors (Lipinski definition) is 5. The molecule has 0 radical (unpaired) electrons. The van der Waals surface area contributed by atoms with Crippen molar-refractivity contribution in [2.75, 3.05) is 25.4 Å². The molecule has 2 aromatic carbocycles. The fourth-order valence-corrected chi connectivity index (χ4v) is 4.02. The number of aromatic hydroxyl groups is 1. The first kappa shape index (κ1) is 19.7. The number of carbonyl (C=O) groups excluding carboxylic acids is 1. The number of nitrogens with one attached hydrogen (secondary N) is 1. The normalized spacial score (nSPS) is 17.6. The molecule has 1 unspecified atom stereocenters. The predicted octanol–water partition coefficient (Wildman–Crippen LogP) is 2.87. The number of benzene rings is 2. The first-order valence-corrected chi connectivity index (χ1v) is 10.3. The van der Waals surface area contributed by atoms with Crippen LogP contribution in [-0.4, -0.2) is 52.5 Å². The SMILES string of the molecule is O=C(NC1CCCN(Cc2cccc(O)c2)C1)c1ccc(SCCO)cc1. The quantitative estimate of drug-likeness (QED) is 0.638. The number of phenolic OH excluding ortho intramolecular Hbond substituents is 1.